The van der Waals surface area contributed by atoms with Crippen molar-refractivity contribution in [2.75, 3.05) is 32.5 Å². The van der Waals surface area contributed by atoms with E-state index in [1.54, 1.807) is 13.8 Å². The van der Waals surface area contributed by atoms with Crippen molar-refractivity contribution in [3.8, 4) is 0 Å². The zero-order valence-electron chi connectivity index (χ0n) is 29.0. The molecular formula is C33H45N4O9PS. The van der Waals surface area contributed by atoms with E-state index in [4.69, 9.17) is 13.2 Å². The van der Waals surface area contributed by atoms with Crippen molar-refractivity contribution in [2.24, 2.45) is 5.92 Å². The lowest BCUT2D eigenvalue weighted by atomic mass is 9.84. The van der Waals surface area contributed by atoms with Crippen LogP contribution < -0.4 is 16.4 Å². The van der Waals surface area contributed by atoms with E-state index in [2.05, 4.69) is 15.2 Å². The number of carbonyl (C=O) groups is 2. The van der Waals surface area contributed by atoms with Crippen molar-refractivity contribution < 1.29 is 44.4 Å². The number of alkyl carbamates (subject to hydrolysis) is 1. The summed E-state index contributed by atoms with van der Waals surface area (Å²) in [4.78, 5) is 44.8. The fourth-order valence-corrected chi connectivity index (χ4v) is 6.95. The molecule has 0 aliphatic rings. The van der Waals surface area contributed by atoms with Crippen LogP contribution >= 0.6 is 7.82 Å². The largest absolute Gasteiger partial charge is 0.469 e. The van der Waals surface area contributed by atoms with Gasteiger partial charge in [0.05, 0.1) is 20.0 Å². The molecule has 13 nitrogen and oxygen atoms in total. The number of rotatable bonds is 18. The molecular weight excluding hydrogens is 659 g/mol. The third kappa shape index (κ3) is 11.7. The quantitative estimate of drug-likeness (QED) is 0.0725. The first-order chi connectivity index (χ1) is 23.6. The molecule has 0 aliphatic heterocycles. The van der Waals surface area contributed by atoms with Crippen LogP contribution in [0.3, 0.4) is 0 Å². The lowest BCUT2D eigenvalue weighted by Crippen LogP contribution is -2.50. The molecule has 2 amide bonds. The number of ether oxygens (including phenoxy) is 1. The second-order valence-electron chi connectivity index (χ2n) is 11.3. The smallest absolute Gasteiger partial charge is 0.453 e. The number of methoxy groups -OCH3 is 1. The van der Waals surface area contributed by atoms with E-state index in [0.717, 1.165) is 15.4 Å². The topological polar surface area (TPSA) is 198 Å². The van der Waals surface area contributed by atoms with Gasteiger partial charge in [-0.1, -0.05) is 80.9 Å². The Balaban J connectivity index is 1.85. The van der Waals surface area contributed by atoms with E-state index in [1.165, 1.54) is 31.4 Å². The Morgan fingerprint density at radius 1 is 0.958 bits per heavy atom. The van der Waals surface area contributed by atoms with Gasteiger partial charge in [-0.25, -0.2) is 17.8 Å². The Morgan fingerprint density at radius 2 is 1.52 bits per heavy atom. The molecule has 0 aromatic heterocycles. The van der Waals surface area contributed by atoms with Gasteiger partial charge in [0.1, 0.15) is 6.04 Å². The van der Waals surface area contributed by atoms with Gasteiger partial charge in [0.15, 0.2) is 0 Å². The maximum Gasteiger partial charge on any atom is 0.469 e. The van der Waals surface area contributed by atoms with E-state index in [-0.39, 0.29) is 30.7 Å². The van der Waals surface area contributed by atoms with E-state index in [9.17, 15) is 32.4 Å². The summed E-state index contributed by atoms with van der Waals surface area (Å²) >= 11 is 0. The molecule has 0 saturated carbocycles. The molecule has 15 heteroatoms. The maximum atomic E-state index is 13.9. The third-order valence-corrected chi connectivity index (χ3v) is 9.41. The van der Waals surface area contributed by atoms with Crippen molar-refractivity contribution >= 4 is 35.5 Å². The highest BCUT2D eigenvalue weighted by atomic mass is 32.2. The molecule has 0 aliphatic carbocycles. The molecule has 0 heterocycles. The lowest BCUT2D eigenvalue weighted by molar-refractivity contribution is -0.123. The first kappa shape index (κ1) is 35.5. The summed E-state index contributed by atoms with van der Waals surface area (Å²) < 4.78 is 67.0. The summed E-state index contributed by atoms with van der Waals surface area (Å²) in [5.41, 5.74) is 7.56. The number of nitrogens with two attached hydrogens (primary N) is 1. The summed E-state index contributed by atoms with van der Waals surface area (Å²) in [7, 11) is -8.53. The zero-order chi connectivity index (χ0) is 37.1. The van der Waals surface area contributed by atoms with Crippen LogP contribution in [-0.2, 0) is 28.6 Å². The first-order valence-corrected chi connectivity index (χ1v) is 18.2. The number of amides is 2. The monoisotopic (exact) mass is 706 g/mol. The van der Waals surface area contributed by atoms with Crippen LogP contribution in [0.15, 0.2) is 89.8 Å². The van der Waals surface area contributed by atoms with Gasteiger partial charge in [0.2, 0.25) is 15.9 Å². The molecule has 0 saturated heterocycles. The Bertz CT molecular complexity index is 1640. The molecule has 262 valence electrons. The Morgan fingerprint density at radius 3 is 2.02 bits per heavy atom. The van der Waals surface area contributed by atoms with Gasteiger partial charge >= 0.3 is 13.9 Å². The number of unbranched alkanes of at least 4 members (excludes halogenated alkanes) is 1. The fraction of sp³-hybridized carbons (Fsp3) is 0.394. The van der Waals surface area contributed by atoms with Crippen LogP contribution in [0, 0.1) is 5.92 Å². The highest BCUT2D eigenvalue weighted by Gasteiger charge is 2.35. The number of nitrogen functional groups attached to an aromatic ring is 1. The molecule has 0 spiro atoms. The van der Waals surface area contributed by atoms with E-state index < -0.39 is 66.9 Å². The first-order valence-electron chi connectivity index (χ1n) is 16.4. The number of phosphoric ester groups is 1. The number of benzene rings is 3. The molecule has 3 aromatic rings. The van der Waals surface area contributed by atoms with Crippen LogP contribution in [0.1, 0.15) is 52.9 Å². The minimum absolute atomic E-state index is 0.0580. The minimum Gasteiger partial charge on any atom is -0.453 e. The van der Waals surface area contributed by atoms with Gasteiger partial charge < -0.3 is 30.9 Å². The van der Waals surface area contributed by atoms with Crippen molar-refractivity contribution in [3.63, 3.8) is 0 Å². The summed E-state index contributed by atoms with van der Waals surface area (Å²) in [6.07, 6.45) is -0.578. The fourth-order valence-electron chi connectivity index (χ4n) is 5.01. The Kier molecular flexibility index (Phi) is 13.4. The standard InChI is InChI=1S/C33H45N4O9PS/c1-24(2)22-37(48(43,44)29-19-17-27(34)18-20-29)28(23-46-47(40,41)42)16-10-11-21-35-32(38)31(36-33(39)45-3)30(25-12-6-4-7-13-25)26-14-8-5-9-15-26/h4-9,12-15,17-20,24,28,30-31H,10-11,16,21-23,34H2,1-3H3,(H,35,38)(H,36,39)(H2,40,41,42)/t28-,31-/m0/s1/i22D,23D/t22?,23?,28-,31-. The van der Waals surface area contributed by atoms with Crippen molar-refractivity contribution in [1.82, 2.24) is 14.9 Å². The van der Waals surface area contributed by atoms with E-state index >= 15 is 0 Å². The van der Waals surface area contributed by atoms with Gasteiger partial charge in [0.25, 0.3) is 0 Å². The van der Waals surface area contributed by atoms with Crippen LogP contribution in [0.25, 0.3) is 0 Å². The third-order valence-electron chi connectivity index (χ3n) is 7.20. The summed E-state index contributed by atoms with van der Waals surface area (Å²) in [5.74, 6) is -1.69. The van der Waals surface area contributed by atoms with E-state index in [1.807, 2.05) is 60.7 Å². The summed E-state index contributed by atoms with van der Waals surface area (Å²) in [6, 6.07) is 21.0. The molecule has 2 unspecified atom stereocenters. The lowest BCUT2D eigenvalue weighted by Gasteiger charge is -2.32. The number of nitrogens with one attached hydrogen (secondary N) is 2. The van der Waals surface area contributed by atoms with Gasteiger partial charge in [-0.3, -0.25) is 9.32 Å². The van der Waals surface area contributed by atoms with Crippen molar-refractivity contribution in [1.29, 1.82) is 0 Å². The normalized spacial score (nSPS) is 15.2. The molecule has 6 N–H and O–H groups in total. The van der Waals surface area contributed by atoms with Crippen LogP contribution in [0.4, 0.5) is 10.5 Å². The molecule has 3 aromatic carbocycles. The Hall–Kier alpha value is -3.78. The predicted octanol–water partition coefficient (Wildman–Crippen LogP) is 4.24. The number of sulfonamides is 1. The molecule has 0 bridgehead atoms. The number of carbonyl (C=O) groups excluding carboxylic acids is 2. The van der Waals surface area contributed by atoms with E-state index in [0.29, 0.717) is 5.69 Å². The highest BCUT2D eigenvalue weighted by Crippen LogP contribution is 2.37. The number of nitrogens with zero attached hydrogens (tertiary/aromatic N) is 1. The van der Waals surface area contributed by atoms with Gasteiger partial charge in [0, 0.05) is 32.1 Å². The number of hydrogen-bond donors (Lipinski definition) is 5. The van der Waals surface area contributed by atoms with Crippen molar-refractivity contribution in [3.05, 3.63) is 96.1 Å². The average Bonchev–Trinajstić information content (AvgIpc) is 3.07. The second kappa shape index (κ2) is 18.1. The van der Waals surface area contributed by atoms with Crippen LogP contribution in [0.2, 0.25) is 0 Å². The molecule has 0 radical (unpaired) electrons. The van der Waals surface area contributed by atoms with Crippen molar-refractivity contribution in [2.45, 2.75) is 56.0 Å². The average molecular weight is 707 g/mol. The molecule has 3 rings (SSSR count). The number of phosphoric acid groups is 1. The summed E-state index contributed by atoms with van der Waals surface area (Å²) in [6.45, 7) is -0.242. The van der Waals surface area contributed by atoms with Crippen LogP contribution in [0.5, 0.6) is 0 Å². The second-order valence-corrected chi connectivity index (χ2v) is 14.3. The Labute approximate surface area is 284 Å². The minimum atomic E-state index is -5.23. The summed E-state index contributed by atoms with van der Waals surface area (Å²) in [5, 5.41) is 5.45. The SMILES string of the molecule is [2H]C(OP(=O)(O)O)[C@H](CCCCNC(=O)[C@@H](NC(=O)OC)C(c1ccccc1)c1ccccc1)N(C([2H])C(C)C)S(=O)(=O)c1ccc(N)cc1. The van der Waals surface area contributed by atoms with Crippen LogP contribution in [-0.4, -0.2) is 73.4 Å². The van der Waals surface area contributed by atoms with Gasteiger partial charge in [-0.2, -0.15) is 4.31 Å². The number of hydrogen-bond acceptors (Lipinski definition) is 8. The molecule has 4 atom stereocenters. The predicted molar refractivity (Wildman–Crippen MR) is 182 cm³/mol. The van der Waals surface area contributed by atoms with Gasteiger partial charge in [-0.05, 0) is 54.2 Å². The molecule has 48 heavy (non-hydrogen) atoms. The molecule has 0 fully saturated rings. The maximum absolute atomic E-state index is 13.9. The highest BCUT2D eigenvalue weighted by molar-refractivity contribution is 7.89. The zero-order valence-corrected chi connectivity index (χ0v) is 28.7. The number of anilines is 1. The van der Waals surface area contributed by atoms with Gasteiger partial charge in [-0.15, -0.1) is 0 Å².